The number of hydrogen-bond acceptors (Lipinski definition) is 8. The van der Waals surface area contributed by atoms with E-state index < -0.39 is 6.09 Å². The molecule has 0 atom stereocenters. The van der Waals surface area contributed by atoms with Gasteiger partial charge in [0.25, 0.3) is 0 Å². The number of pyridine rings is 1. The third kappa shape index (κ3) is 3.84. The first-order chi connectivity index (χ1) is 15.3. The van der Waals surface area contributed by atoms with Crippen LogP contribution < -0.4 is 4.90 Å². The van der Waals surface area contributed by atoms with Gasteiger partial charge in [0.1, 0.15) is 17.3 Å². The third-order valence-corrected chi connectivity index (χ3v) is 5.52. The number of carboxylic acid groups (broad SMARTS) is 1. The van der Waals surface area contributed by atoms with Gasteiger partial charge in [-0.05, 0) is 29.7 Å². The molecule has 0 bridgehead atoms. The van der Waals surface area contributed by atoms with Crippen molar-refractivity contribution in [3.63, 3.8) is 0 Å². The second kappa shape index (κ2) is 8.25. The first kappa shape index (κ1) is 21.2. The van der Waals surface area contributed by atoms with Crippen molar-refractivity contribution >= 4 is 11.9 Å². The van der Waals surface area contributed by atoms with Crippen LogP contribution in [-0.4, -0.2) is 77.3 Å². The van der Waals surface area contributed by atoms with Crippen LogP contribution in [0.4, 0.5) is 10.6 Å². The zero-order valence-electron chi connectivity index (χ0n) is 17.7. The number of phenols is 2. The molecule has 0 saturated carbocycles. The number of hydrogen-bond donors (Lipinski definition) is 4. The Morgan fingerprint density at radius 3 is 2.31 bits per heavy atom. The summed E-state index contributed by atoms with van der Waals surface area (Å²) in [5, 5.41) is 47.7. The number of anilines is 1. The molecule has 0 unspecified atom stereocenters. The topological polar surface area (TPSA) is 148 Å². The Kier molecular flexibility index (Phi) is 5.47. The highest BCUT2D eigenvalue weighted by molar-refractivity contribution is 5.70. The minimum absolute atomic E-state index is 0.00172. The number of aromatic nitrogens is 4. The Labute approximate surface area is 183 Å². The molecule has 168 valence electrons. The number of benzene rings is 1. The molecule has 11 nitrogen and oxygen atoms in total. The lowest BCUT2D eigenvalue weighted by atomic mass is 9.98. The molecule has 1 fully saturated rings. The Bertz CT molecular complexity index is 1140. The lowest BCUT2D eigenvalue weighted by molar-refractivity contribution is 0.142. The summed E-state index contributed by atoms with van der Waals surface area (Å²) in [5.41, 5.74) is 1.42. The summed E-state index contributed by atoms with van der Waals surface area (Å²) in [4.78, 5) is 18.9. The maximum atomic E-state index is 11.1. The molecule has 11 heteroatoms. The first-order valence-corrected chi connectivity index (χ1v) is 10.2. The van der Waals surface area contributed by atoms with Crippen LogP contribution in [0.15, 0.2) is 30.5 Å². The molecule has 1 aliphatic heterocycles. The van der Waals surface area contributed by atoms with Crippen molar-refractivity contribution in [1.82, 2.24) is 24.6 Å². The number of carbonyl (C=O) groups is 1. The molecule has 1 aliphatic rings. The van der Waals surface area contributed by atoms with Crippen molar-refractivity contribution in [3.05, 3.63) is 36.0 Å². The van der Waals surface area contributed by atoms with Gasteiger partial charge in [-0.2, -0.15) is 0 Å². The second-order valence-corrected chi connectivity index (χ2v) is 7.87. The van der Waals surface area contributed by atoms with Crippen LogP contribution in [0.25, 0.3) is 17.1 Å². The number of amides is 1. The lowest BCUT2D eigenvalue weighted by Crippen LogP contribution is -2.48. The average molecular weight is 440 g/mol. The smallest absolute Gasteiger partial charge is 0.407 e. The highest BCUT2D eigenvalue weighted by atomic mass is 16.4. The number of rotatable bonds is 4. The number of piperazine rings is 1. The van der Waals surface area contributed by atoms with E-state index in [-0.39, 0.29) is 29.3 Å². The van der Waals surface area contributed by atoms with Gasteiger partial charge in [-0.3, -0.25) is 0 Å². The van der Waals surface area contributed by atoms with Crippen molar-refractivity contribution in [3.8, 4) is 34.6 Å². The molecular weight excluding hydrogens is 416 g/mol. The largest absolute Gasteiger partial charge is 0.508 e. The van der Waals surface area contributed by atoms with Crippen LogP contribution in [-0.2, 0) is 0 Å². The molecular formula is C21H24N6O5. The van der Waals surface area contributed by atoms with Gasteiger partial charge in [0.2, 0.25) is 0 Å². The van der Waals surface area contributed by atoms with E-state index in [4.69, 9.17) is 5.11 Å². The SMILES string of the molecule is CC(C)c1cc(-c2nnc(O)n2-c2ccc(N3CCN(C(=O)O)CC3)nc2)c(O)cc1O. The molecule has 32 heavy (non-hydrogen) atoms. The molecule has 3 aromatic rings. The van der Waals surface area contributed by atoms with E-state index in [1.807, 2.05) is 18.7 Å². The number of aromatic hydroxyl groups is 3. The van der Waals surface area contributed by atoms with Crippen LogP contribution in [0.1, 0.15) is 25.3 Å². The Hall–Kier alpha value is -4.02. The van der Waals surface area contributed by atoms with Crippen LogP contribution >= 0.6 is 0 Å². The predicted molar refractivity (Wildman–Crippen MR) is 115 cm³/mol. The fourth-order valence-corrected chi connectivity index (χ4v) is 3.75. The zero-order valence-corrected chi connectivity index (χ0v) is 17.7. The van der Waals surface area contributed by atoms with Gasteiger partial charge < -0.3 is 30.2 Å². The Morgan fingerprint density at radius 1 is 1.00 bits per heavy atom. The molecule has 1 aromatic carbocycles. The highest BCUT2D eigenvalue weighted by Crippen LogP contribution is 2.38. The third-order valence-electron chi connectivity index (χ3n) is 5.52. The van der Waals surface area contributed by atoms with Gasteiger partial charge in [0.15, 0.2) is 5.82 Å². The molecule has 2 aromatic heterocycles. The summed E-state index contributed by atoms with van der Waals surface area (Å²) in [5.74, 6) is 0.669. The normalized spacial score (nSPS) is 14.2. The van der Waals surface area contributed by atoms with Gasteiger partial charge in [-0.15, -0.1) is 5.10 Å². The molecule has 0 aliphatic carbocycles. The summed E-state index contributed by atoms with van der Waals surface area (Å²) in [6, 6.07) is 6.01. The van der Waals surface area contributed by atoms with Crippen LogP contribution in [0.2, 0.25) is 0 Å². The first-order valence-electron chi connectivity index (χ1n) is 10.2. The highest BCUT2D eigenvalue weighted by Gasteiger charge is 2.23. The van der Waals surface area contributed by atoms with Gasteiger partial charge in [0, 0.05) is 32.2 Å². The van der Waals surface area contributed by atoms with Gasteiger partial charge in [-0.25, -0.2) is 14.3 Å². The second-order valence-electron chi connectivity index (χ2n) is 7.87. The Morgan fingerprint density at radius 2 is 1.72 bits per heavy atom. The standard InChI is InChI=1S/C21H24N6O5/c1-12(2)14-9-15(17(29)10-16(14)28)19-23-24-20(30)27(19)13-3-4-18(22-11-13)25-5-7-26(8-6-25)21(31)32/h3-4,9-12,28-29H,5-8H2,1-2H3,(H,24,30)(H,31,32). The summed E-state index contributed by atoms with van der Waals surface area (Å²) in [7, 11) is 0. The fourth-order valence-electron chi connectivity index (χ4n) is 3.75. The average Bonchev–Trinajstić information content (AvgIpc) is 3.14. The zero-order chi connectivity index (χ0) is 23.0. The van der Waals surface area contributed by atoms with Crippen LogP contribution in [0.5, 0.6) is 17.5 Å². The van der Waals surface area contributed by atoms with Crippen molar-refractivity contribution in [2.24, 2.45) is 0 Å². The summed E-state index contributed by atoms with van der Waals surface area (Å²) < 4.78 is 1.36. The quantitative estimate of drug-likeness (QED) is 0.480. The van der Waals surface area contributed by atoms with E-state index in [1.54, 1.807) is 24.4 Å². The van der Waals surface area contributed by atoms with Crippen LogP contribution in [0.3, 0.4) is 0 Å². The number of phenolic OH excluding ortho intramolecular Hbond substituents is 2. The maximum absolute atomic E-state index is 11.1. The predicted octanol–water partition coefficient (Wildman–Crippen LogP) is 2.37. The van der Waals surface area contributed by atoms with Crippen molar-refractivity contribution in [2.45, 2.75) is 19.8 Å². The van der Waals surface area contributed by atoms with E-state index in [2.05, 4.69) is 15.2 Å². The summed E-state index contributed by atoms with van der Waals surface area (Å²) >= 11 is 0. The number of nitrogens with zero attached hydrogens (tertiary/aromatic N) is 6. The van der Waals surface area contributed by atoms with Crippen LogP contribution in [0, 0.1) is 0 Å². The minimum atomic E-state index is -0.929. The molecule has 3 heterocycles. The molecule has 0 spiro atoms. The van der Waals surface area contributed by atoms with Gasteiger partial charge >= 0.3 is 12.1 Å². The van der Waals surface area contributed by atoms with E-state index in [0.29, 0.717) is 48.8 Å². The maximum Gasteiger partial charge on any atom is 0.407 e. The molecule has 4 N–H and O–H groups in total. The van der Waals surface area contributed by atoms with E-state index in [1.165, 1.54) is 15.5 Å². The van der Waals surface area contributed by atoms with Crippen molar-refractivity contribution in [1.29, 1.82) is 0 Å². The Balaban J connectivity index is 1.65. The minimum Gasteiger partial charge on any atom is -0.508 e. The van der Waals surface area contributed by atoms with Gasteiger partial charge in [0.05, 0.1) is 17.4 Å². The van der Waals surface area contributed by atoms with E-state index in [0.717, 1.165) is 0 Å². The molecule has 1 amide bonds. The molecule has 1 saturated heterocycles. The van der Waals surface area contributed by atoms with Gasteiger partial charge in [-0.1, -0.05) is 18.9 Å². The summed E-state index contributed by atoms with van der Waals surface area (Å²) in [6.45, 7) is 5.68. The summed E-state index contributed by atoms with van der Waals surface area (Å²) in [6.07, 6.45) is 0.619. The van der Waals surface area contributed by atoms with E-state index in [9.17, 15) is 20.1 Å². The fraction of sp³-hybridized carbons (Fsp3) is 0.333. The monoisotopic (exact) mass is 440 g/mol. The van der Waals surface area contributed by atoms with E-state index >= 15 is 0 Å². The molecule has 4 rings (SSSR count). The van der Waals surface area contributed by atoms with Crippen molar-refractivity contribution < 1.29 is 25.2 Å². The van der Waals surface area contributed by atoms with Crippen molar-refractivity contribution in [2.75, 3.05) is 31.1 Å². The molecule has 0 radical (unpaired) electrons. The lowest BCUT2D eigenvalue weighted by Gasteiger charge is -2.33.